The first-order valence-electron chi connectivity index (χ1n) is 6.83. The smallest absolute Gasteiger partial charge is 0.146 e. The van der Waals surface area contributed by atoms with E-state index in [1.54, 1.807) is 11.3 Å². The van der Waals surface area contributed by atoms with Gasteiger partial charge in [-0.1, -0.05) is 25.2 Å². The molecule has 0 bridgehead atoms. The van der Waals surface area contributed by atoms with Crippen molar-refractivity contribution in [2.75, 3.05) is 13.1 Å². The Balaban J connectivity index is 1.76. The number of nitrogens with one attached hydrogen (secondary N) is 1. The second-order valence-corrected chi connectivity index (χ2v) is 6.49. The highest BCUT2D eigenvalue weighted by Gasteiger charge is 2.26. The Morgan fingerprint density at radius 3 is 2.89 bits per heavy atom. The van der Waals surface area contributed by atoms with Crippen molar-refractivity contribution in [1.29, 1.82) is 0 Å². The topological polar surface area (TPSA) is 47.0 Å². The van der Waals surface area contributed by atoms with Gasteiger partial charge in [0.1, 0.15) is 16.1 Å². The van der Waals surface area contributed by atoms with Crippen LogP contribution < -0.4 is 5.32 Å². The Labute approximate surface area is 113 Å². The van der Waals surface area contributed by atoms with E-state index in [9.17, 15) is 0 Å². The molecule has 18 heavy (non-hydrogen) atoms. The van der Waals surface area contributed by atoms with Crippen LogP contribution in [0.25, 0.3) is 0 Å². The normalized spacial score (nSPS) is 24.0. The summed E-state index contributed by atoms with van der Waals surface area (Å²) in [4.78, 5) is 0. The molecule has 0 aliphatic carbocycles. The largest absolute Gasteiger partial charge is 0.368 e. The molecule has 4 nitrogen and oxygen atoms in total. The molecule has 1 aromatic rings. The van der Waals surface area contributed by atoms with Gasteiger partial charge in [-0.05, 0) is 32.2 Å². The summed E-state index contributed by atoms with van der Waals surface area (Å²) < 4.78 is 5.81. The quantitative estimate of drug-likeness (QED) is 0.806. The summed E-state index contributed by atoms with van der Waals surface area (Å²) in [7, 11) is 0. The molecule has 1 aliphatic heterocycles. The Hall–Kier alpha value is -0.520. The Kier molecular flexibility index (Phi) is 5.09. The van der Waals surface area contributed by atoms with Crippen molar-refractivity contribution in [3.63, 3.8) is 0 Å². The predicted octanol–water partition coefficient (Wildman–Crippen LogP) is 2.57. The first-order valence-corrected chi connectivity index (χ1v) is 7.65. The van der Waals surface area contributed by atoms with Gasteiger partial charge >= 0.3 is 0 Å². The van der Waals surface area contributed by atoms with Crippen LogP contribution in [0.15, 0.2) is 0 Å². The summed E-state index contributed by atoms with van der Waals surface area (Å²) in [5.41, 5.74) is 0. The van der Waals surface area contributed by atoms with E-state index in [2.05, 4.69) is 36.3 Å². The maximum atomic E-state index is 5.81. The van der Waals surface area contributed by atoms with Gasteiger partial charge in [0.05, 0.1) is 6.10 Å². The van der Waals surface area contributed by atoms with Crippen molar-refractivity contribution in [1.82, 2.24) is 15.5 Å². The fourth-order valence-electron chi connectivity index (χ4n) is 2.07. The maximum Gasteiger partial charge on any atom is 0.146 e. The van der Waals surface area contributed by atoms with Crippen LogP contribution in [0.1, 0.15) is 49.7 Å². The molecule has 2 atom stereocenters. The van der Waals surface area contributed by atoms with Crippen LogP contribution >= 0.6 is 11.3 Å². The standard InChI is InChI=1S/C13H23N3OS/c1-9(2)8-14-7-6-12-15-16-13(18-12)11-5-4-10(3)17-11/h9-11,14H,4-8H2,1-3H3. The monoisotopic (exact) mass is 269 g/mol. The van der Waals surface area contributed by atoms with Gasteiger partial charge in [-0.15, -0.1) is 10.2 Å². The van der Waals surface area contributed by atoms with Crippen molar-refractivity contribution in [2.24, 2.45) is 5.92 Å². The number of ether oxygens (including phenoxy) is 1. The van der Waals surface area contributed by atoms with Gasteiger partial charge in [0.2, 0.25) is 0 Å². The molecule has 1 N–H and O–H groups in total. The predicted molar refractivity (Wildman–Crippen MR) is 73.8 cm³/mol. The van der Waals surface area contributed by atoms with Crippen LogP contribution in [0.2, 0.25) is 0 Å². The van der Waals surface area contributed by atoms with Crippen molar-refractivity contribution in [3.8, 4) is 0 Å². The molecular formula is C13H23N3OS. The van der Waals surface area contributed by atoms with Crippen molar-refractivity contribution >= 4 is 11.3 Å². The SMILES string of the molecule is CC(C)CNCCc1nnc(C2CCC(C)O2)s1. The van der Waals surface area contributed by atoms with Gasteiger partial charge < -0.3 is 10.1 Å². The third-order valence-corrected chi connectivity index (χ3v) is 4.13. The zero-order chi connectivity index (χ0) is 13.0. The Morgan fingerprint density at radius 2 is 2.22 bits per heavy atom. The molecule has 2 heterocycles. The third kappa shape index (κ3) is 4.00. The highest BCUT2D eigenvalue weighted by molar-refractivity contribution is 7.11. The minimum atomic E-state index is 0.190. The highest BCUT2D eigenvalue weighted by Crippen LogP contribution is 2.33. The zero-order valence-electron chi connectivity index (χ0n) is 11.5. The maximum absolute atomic E-state index is 5.81. The van der Waals surface area contributed by atoms with Gasteiger partial charge in [-0.25, -0.2) is 0 Å². The lowest BCUT2D eigenvalue weighted by Crippen LogP contribution is -2.22. The van der Waals surface area contributed by atoms with E-state index in [0.29, 0.717) is 12.0 Å². The highest BCUT2D eigenvalue weighted by atomic mass is 32.1. The molecule has 0 radical (unpaired) electrons. The summed E-state index contributed by atoms with van der Waals surface area (Å²) >= 11 is 1.70. The van der Waals surface area contributed by atoms with E-state index >= 15 is 0 Å². The summed E-state index contributed by atoms with van der Waals surface area (Å²) in [5.74, 6) is 0.698. The van der Waals surface area contributed by atoms with Crippen LogP contribution in [0, 0.1) is 5.92 Å². The zero-order valence-corrected chi connectivity index (χ0v) is 12.3. The van der Waals surface area contributed by atoms with Crippen LogP contribution in [0.5, 0.6) is 0 Å². The molecular weight excluding hydrogens is 246 g/mol. The van der Waals surface area contributed by atoms with Crippen LogP contribution in [-0.4, -0.2) is 29.4 Å². The summed E-state index contributed by atoms with van der Waals surface area (Å²) in [6.07, 6.45) is 3.74. The van der Waals surface area contributed by atoms with Gasteiger partial charge in [0, 0.05) is 13.0 Å². The number of nitrogens with zero attached hydrogens (tertiary/aromatic N) is 2. The first kappa shape index (κ1) is 13.9. The molecule has 1 aromatic heterocycles. The molecule has 5 heteroatoms. The molecule has 0 aromatic carbocycles. The molecule has 102 valence electrons. The van der Waals surface area contributed by atoms with E-state index in [0.717, 1.165) is 42.4 Å². The van der Waals surface area contributed by atoms with E-state index in [4.69, 9.17) is 4.74 Å². The Bertz CT molecular complexity index is 367. The minimum Gasteiger partial charge on any atom is -0.368 e. The second-order valence-electron chi connectivity index (χ2n) is 5.39. The van der Waals surface area contributed by atoms with Crippen molar-refractivity contribution in [3.05, 3.63) is 10.0 Å². The lowest BCUT2D eigenvalue weighted by Gasteiger charge is -2.06. The second kappa shape index (κ2) is 6.59. The lowest BCUT2D eigenvalue weighted by atomic mass is 10.2. The Morgan fingerprint density at radius 1 is 1.39 bits per heavy atom. The average molecular weight is 269 g/mol. The summed E-state index contributed by atoms with van der Waals surface area (Å²) in [6.45, 7) is 8.60. The number of hydrogen-bond donors (Lipinski definition) is 1. The fourth-order valence-corrected chi connectivity index (χ4v) is 2.98. The van der Waals surface area contributed by atoms with Crippen molar-refractivity contribution in [2.45, 2.75) is 52.2 Å². The number of aromatic nitrogens is 2. The van der Waals surface area contributed by atoms with E-state index in [1.165, 1.54) is 0 Å². The van der Waals surface area contributed by atoms with E-state index in [-0.39, 0.29) is 6.10 Å². The lowest BCUT2D eigenvalue weighted by molar-refractivity contribution is 0.0550. The van der Waals surface area contributed by atoms with E-state index in [1.807, 2.05) is 0 Å². The molecule has 0 amide bonds. The average Bonchev–Trinajstić information content (AvgIpc) is 2.93. The van der Waals surface area contributed by atoms with Crippen LogP contribution in [0.3, 0.4) is 0 Å². The van der Waals surface area contributed by atoms with Gasteiger partial charge in [0.15, 0.2) is 0 Å². The van der Waals surface area contributed by atoms with Crippen LogP contribution in [0.4, 0.5) is 0 Å². The first-order chi connectivity index (χ1) is 8.65. The van der Waals surface area contributed by atoms with Crippen molar-refractivity contribution < 1.29 is 4.74 Å². The summed E-state index contributed by atoms with van der Waals surface area (Å²) in [5, 5.41) is 14.1. The molecule has 0 spiro atoms. The third-order valence-electron chi connectivity index (χ3n) is 3.06. The number of rotatable bonds is 6. The molecule has 1 fully saturated rings. The van der Waals surface area contributed by atoms with E-state index < -0.39 is 0 Å². The number of hydrogen-bond acceptors (Lipinski definition) is 5. The van der Waals surface area contributed by atoms with Gasteiger partial charge in [-0.2, -0.15) is 0 Å². The van der Waals surface area contributed by atoms with Gasteiger partial charge in [-0.3, -0.25) is 0 Å². The summed E-state index contributed by atoms with van der Waals surface area (Å²) in [6, 6.07) is 0. The molecule has 1 aliphatic rings. The van der Waals surface area contributed by atoms with Crippen LogP contribution in [-0.2, 0) is 11.2 Å². The fraction of sp³-hybridized carbons (Fsp3) is 0.846. The molecule has 2 unspecified atom stereocenters. The minimum absolute atomic E-state index is 0.190. The van der Waals surface area contributed by atoms with Gasteiger partial charge in [0.25, 0.3) is 0 Å². The molecule has 0 saturated carbocycles. The molecule has 1 saturated heterocycles. The molecule has 2 rings (SSSR count).